The van der Waals surface area contributed by atoms with Gasteiger partial charge in [0.25, 0.3) is 0 Å². The highest BCUT2D eigenvalue weighted by Crippen LogP contribution is 2.19. The van der Waals surface area contributed by atoms with Gasteiger partial charge < -0.3 is 14.8 Å². The molecule has 0 aromatic carbocycles. The Morgan fingerprint density at radius 3 is 2.72 bits per heavy atom. The lowest BCUT2D eigenvalue weighted by molar-refractivity contribution is 0.0655. The first-order chi connectivity index (χ1) is 8.70. The lowest BCUT2D eigenvalue weighted by Crippen LogP contribution is -2.25. The van der Waals surface area contributed by atoms with Crippen molar-refractivity contribution < 1.29 is 9.47 Å². The first-order valence-electron chi connectivity index (χ1n) is 6.49. The van der Waals surface area contributed by atoms with Crippen LogP contribution in [0.5, 0.6) is 0 Å². The monoisotopic (exact) mass is 255 g/mol. The molecule has 0 aliphatic carbocycles. The van der Waals surface area contributed by atoms with Gasteiger partial charge in [0.15, 0.2) is 0 Å². The van der Waals surface area contributed by atoms with E-state index in [-0.39, 0.29) is 0 Å². The number of methoxy groups -OCH3 is 1. The molecule has 1 N–H and O–H groups in total. The Bertz CT molecular complexity index is 319. The fourth-order valence-corrected chi connectivity index (χ4v) is 2.08. The van der Waals surface area contributed by atoms with E-state index >= 15 is 0 Å². The highest BCUT2D eigenvalue weighted by atomic mass is 16.5. The Kier molecular flexibility index (Phi) is 6.93. The number of hydrogen-bond donors (Lipinski definition) is 1. The molecule has 0 aliphatic rings. The molecule has 0 fully saturated rings. The number of aryl methyl sites for hydroxylation is 2. The summed E-state index contributed by atoms with van der Waals surface area (Å²) >= 11 is 0. The predicted octanol–water partition coefficient (Wildman–Crippen LogP) is 1.43. The predicted molar refractivity (Wildman–Crippen MR) is 71.7 cm³/mol. The van der Waals surface area contributed by atoms with Crippen LogP contribution in [0.2, 0.25) is 0 Å². The van der Waals surface area contributed by atoms with Crippen LogP contribution in [-0.4, -0.2) is 43.3 Å². The van der Waals surface area contributed by atoms with Gasteiger partial charge in [0, 0.05) is 20.8 Å². The van der Waals surface area contributed by atoms with Crippen LogP contribution in [0.4, 0.5) is 0 Å². The average molecular weight is 255 g/mol. The van der Waals surface area contributed by atoms with Crippen molar-refractivity contribution in [2.75, 3.05) is 33.5 Å². The van der Waals surface area contributed by atoms with Crippen LogP contribution in [0.3, 0.4) is 0 Å². The number of hydrogen-bond acceptors (Lipinski definition) is 4. The van der Waals surface area contributed by atoms with Crippen molar-refractivity contribution in [2.45, 2.75) is 26.3 Å². The quantitative estimate of drug-likeness (QED) is 0.678. The summed E-state index contributed by atoms with van der Waals surface area (Å²) in [6.07, 6.45) is 2.85. The Labute approximate surface area is 109 Å². The highest BCUT2D eigenvalue weighted by molar-refractivity contribution is 5.19. The fourth-order valence-electron chi connectivity index (χ4n) is 2.08. The first-order valence-corrected chi connectivity index (χ1v) is 6.49. The van der Waals surface area contributed by atoms with E-state index in [0.717, 1.165) is 19.6 Å². The molecule has 0 spiro atoms. The second kappa shape index (κ2) is 8.24. The van der Waals surface area contributed by atoms with E-state index in [4.69, 9.17) is 9.47 Å². The molecule has 5 heteroatoms. The molecule has 5 nitrogen and oxygen atoms in total. The van der Waals surface area contributed by atoms with Crippen LogP contribution in [-0.2, 0) is 16.5 Å². The summed E-state index contributed by atoms with van der Waals surface area (Å²) in [4.78, 5) is 0. The van der Waals surface area contributed by atoms with Gasteiger partial charge in [0.05, 0.1) is 31.1 Å². The second-order valence-corrected chi connectivity index (χ2v) is 4.34. The summed E-state index contributed by atoms with van der Waals surface area (Å²) in [6.45, 7) is 7.18. The van der Waals surface area contributed by atoms with Crippen molar-refractivity contribution in [3.05, 3.63) is 17.5 Å². The van der Waals surface area contributed by atoms with Crippen LogP contribution in [0.15, 0.2) is 6.20 Å². The van der Waals surface area contributed by atoms with E-state index in [1.807, 2.05) is 17.9 Å². The van der Waals surface area contributed by atoms with Gasteiger partial charge in [0.1, 0.15) is 0 Å². The van der Waals surface area contributed by atoms with Crippen molar-refractivity contribution >= 4 is 0 Å². The second-order valence-electron chi connectivity index (χ2n) is 4.34. The fraction of sp³-hybridized carbons (Fsp3) is 0.769. The molecule has 1 unspecified atom stereocenters. The summed E-state index contributed by atoms with van der Waals surface area (Å²) in [6, 6.07) is 0.296. The maximum Gasteiger partial charge on any atom is 0.0700 e. The zero-order valence-corrected chi connectivity index (χ0v) is 11.9. The standard InChI is InChI=1S/C13H25N3O2/c1-5-14-12(6-7-18-9-8-17-4)13-11(2)10-15-16(13)3/h10,12,14H,5-9H2,1-4H3. The van der Waals surface area contributed by atoms with E-state index in [9.17, 15) is 0 Å². The van der Waals surface area contributed by atoms with Gasteiger partial charge in [-0.1, -0.05) is 6.92 Å². The SMILES string of the molecule is CCNC(CCOCCOC)c1c(C)cnn1C. The van der Waals surface area contributed by atoms with Gasteiger partial charge >= 0.3 is 0 Å². The maximum absolute atomic E-state index is 5.53. The molecular formula is C13H25N3O2. The summed E-state index contributed by atoms with van der Waals surface area (Å²) in [5, 5.41) is 7.78. The average Bonchev–Trinajstić information content (AvgIpc) is 2.68. The van der Waals surface area contributed by atoms with Gasteiger partial charge in [-0.25, -0.2) is 0 Å². The number of rotatable bonds is 9. The van der Waals surface area contributed by atoms with E-state index in [1.165, 1.54) is 11.3 Å². The van der Waals surface area contributed by atoms with Gasteiger partial charge in [-0.15, -0.1) is 0 Å². The number of nitrogens with one attached hydrogen (secondary N) is 1. The molecule has 18 heavy (non-hydrogen) atoms. The smallest absolute Gasteiger partial charge is 0.0700 e. The number of nitrogens with zero attached hydrogens (tertiary/aromatic N) is 2. The summed E-state index contributed by atoms with van der Waals surface area (Å²) in [7, 11) is 3.67. The molecule has 1 aromatic heterocycles. The normalized spacial score (nSPS) is 12.9. The van der Waals surface area contributed by atoms with Gasteiger partial charge in [-0.2, -0.15) is 5.10 Å². The van der Waals surface area contributed by atoms with Crippen molar-refractivity contribution in [3.63, 3.8) is 0 Å². The lowest BCUT2D eigenvalue weighted by Gasteiger charge is -2.19. The van der Waals surface area contributed by atoms with Crippen LogP contribution in [0.25, 0.3) is 0 Å². The van der Waals surface area contributed by atoms with E-state index in [1.54, 1.807) is 7.11 Å². The van der Waals surface area contributed by atoms with E-state index in [2.05, 4.69) is 24.3 Å². The molecule has 1 rings (SSSR count). The molecule has 0 radical (unpaired) electrons. The maximum atomic E-state index is 5.53. The molecule has 0 bridgehead atoms. The Morgan fingerprint density at radius 1 is 1.39 bits per heavy atom. The number of ether oxygens (including phenoxy) is 2. The molecule has 0 saturated heterocycles. The van der Waals surface area contributed by atoms with Gasteiger partial charge in [-0.05, 0) is 25.5 Å². The molecule has 0 aliphatic heterocycles. The minimum Gasteiger partial charge on any atom is -0.382 e. The minimum atomic E-state index is 0.296. The topological polar surface area (TPSA) is 48.3 Å². The van der Waals surface area contributed by atoms with Crippen LogP contribution >= 0.6 is 0 Å². The Balaban J connectivity index is 2.50. The molecular weight excluding hydrogens is 230 g/mol. The van der Waals surface area contributed by atoms with Gasteiger partial charge in [-0.3, -0.25) is 4.68 Å². The Hall–Kier alpha value is -0.910. The summed E-state index contributed by atoms with van der Waals surface area (Å²) in [5.74, 6) is 0. The molecule has 104 valence electrons. The van der Waals surface area contributed by atoms with Crippen molar-refractivity contribution in [3.8, 4) is 0 Å². The highest BCUT2D eigenvalue weighted by Gasteiger charge is 2.16. The third-order valence-electron chi connectivity index (χ3n) is 2.94. The van der Waals surface area contributed by atoms with E-state index < -0.39 is 0 Å². The van der Waals surface area contributed by atoms with Crippen LogP contribution < -0.4 is 5.32 Å². The zero-order valence-electron chi connectivity index (χ0n) is 11.9. The summed E-state index contributed by atoms with van der Waals surface area (Å²) < 4.78 is 12.4. The van der Waals surface area contributed by atoms with Crippen molar-refractivity contribution in [1.82, 2.24) is 15.1 Å². The van der Waals surface area contributed by atoms with Crippen LogP contribution in [0, 0.1) is 6.92 Å². The van der Waals surface area contributed by atoms with Crippen molar-refractivity contribution in [1.29, 1.82) is 0 Å². The lowest BCUT2D eigenvalue weighted by atomic mass is 10.1. The summed E-state index contributed by atoms with van der Waals surface area (Å²) in [5.41, 5.74) is 2.47. The number of aromatic nitrogens is 2. The molecule has 1 aromatic rings. The molecule has 0 saturated carbocycles. The van der Waals surface area contributed by atoms with Crippen LogP contribution in [0.1, 0.15) is 30.6 Å². The molecule has 1 atom stereocenters. The third-order valence-corrected chi connectivity index (χ3v) is 2.94. The molecule has 0 amide bonds. The largest absolute Gasteiger partial charge is 0.382 e. The van der Waals surface area contributed by atoms with Gasteiger partial charge in [0.2, 0.25) is 0 Å². The van der Waals surface area contributed by atoms with Crippen molar-refractivity contribution in [2.24, 2.45) is 7.05 Å². The zero-order chi connectivity index (χ0) is 13.4. The Morgan fingerprint density at radius 2 is 2.17 bits per heavy atom. The van der Waals surface area contributed by atoms with E-state index in [0.29, 0.717) is 19.3 Å². The first kappa shape index (κ1) is 15.1. The molecule has 1 heterocycles. The minimum absolute atomic E-state index is 0.296. The third kappa shape index (κ3) is 4.40.